The maximum absolute atomic E-state index is 6.08. The zero-order valence-corrected chi connectivity index (χ0v) is 10.3. The Morgan fingerprint density at radius 3 is 2.69 bits per heavy atom. The van der Waals surface area contributed by atoms with Crippen LogP contribution in [0.5, 0.6) is 0 Å². The Bertz CT molecular complexity index is 226. The molecule has 2 unspecified atom stereocenters. The predicted octanol–water partition coefficient (Wildman–Crippen LogP) is 1.28. The number of hydrogen-bond acceptors (Lipinski definition) is 4. The fourth-order valence-corrected chi connectivity index (χ4v) is 2.39. The van der Waals surface area contributed by atoms with E-state index in [1.807, 2.05) is 0 Å². The molecule has 0 bridgehead atoms. The van der Waals surface area contributed by atoms with Gasteiger partial charge in [0.2, 0.25) is 0 Å². The van der Waals surface area contributed by atoms with Crippen LogP contribution in [0.4, 0.5) is 0 Å². The summed E-state index contributed by atoms with van der Waals surface area (Å²) in [5, 5.41) is 0. The third kappa shape index (κ3) is 2.74. The van der Waals surface area contributed by atoms with Gasteiger partial charge in [0, 0.05) is 25.5 Å². The minimum Gasteiger partial charge on any atom is -0.376 e. The fraction of sp³-hybridized carbons (Fsp3) is 1.00. The highest BCUT2D eigenvalue weighted by Crippen LogP contribution is 2.36. The minimum atomic E-state index is -0.391. The zero-order valence-electron chi connectivity index (χ0n) is 10.3. The lowest BCUT2D eigenvalue weighted by Gasteiger charge is -2.39. The van der Waals surface area contributed by atoms with Crippen LogP contribution in [-0.2, 0) is 14.2 Å². The molecule has 0 aromatic rings. The Morgan fingerprint density at radius 1 is 1.38 bits per heavy atom. The van der Waals surface area contributed by atoms with Gasteiger partial charge in [0.15, 0.2) is 5.79 Å². The minimum absolute atomic E-state index is 0.0780. The molecule has 94 valence electrons. The molecule has 16 heavy (non-hydrogen) atoms. The van der Waals surface area contributed by atoms with Gasteiger partial charge in [-0.05, 0) is 12.3 Å². The molecule has 0 radical (unpaired) electrons. The molecule has 0 aromatic carbocycles. The van der Waals surface area contributed by atoms with E-state index in [-0.39, 0.29) is 12.1 Å². The van der Waals surface area contributed by atoms with Crippen molar-refractivity contribution in [2.24, 2.45) is 11.7 Å². The van der Waals surface area contributed by atoms with E-state index in [0.29, 0.717) is 19.1 Å². The van der Waals surface area contributed by atoms with E-state index in [0.717, 1.165) is 25.9 Å². The van der Waals surface area contributed by atoms with Crippen molar-refractivity contribution in [1.29, 1.82) is 0 Å². The predicted molar refractivity (Wildman–Crippen MR) is 61.0 cm³/mol. The van der Waals surface area contributed by atoms with Crippen molar-refractivity contribution >= 4 is 0 Å². The van der Waals surface area contributed by atoms with Gasteiger partial charge in [-0.2, -0.15) is 0 Å². The standard InChI is InChI=1S/C12H23NO3/c1-9(2)8-14-11-7-12(4-3-10(11)13)15-5-6-16-12/h9-11H,3-8,13H2,1-2H3. The Balaban J connectivity index is 1.89. The number of hydrogen-bond donors (Lipinski definition) is 1. The van der Waals surface area contributed by atoms with E-state index < -0.39 is 5.79 Å². The van der Waals surface area contributed by atoms with Crippen LogP contribution in [0.15, 0.2) is 0 Å². The van der Waals surface area contributed by atoms with Crippen molar-refractivity contribution in [2.75, 3.05) is 19.8 Å². The lowest BCUT2D eigenvalue weighted by Crippen LogP contribution is -2.50. The molecule has 2 aliphatic rings. The van der Waals surface area contributed by atoms with Gasteiger partial charge < -0.3 is 19.9 Å². The van der Waals surface area contributed by atoms with E-state index in [1.54, 1.807) is 0 Å². The van der Waals surface area contributed by atoms with Gasteiger partial charge in [-0.3, -0.25) is 0 Å². The molecule has 4 heteroatoms. The molecule has 0 aromatic heterocycles. The lowest BCUT2D eigenvalue weighted by molar-refractivity contribution is -0.205. The Morgan fingerprint density at radius 2 is 2.06 bits per heavy atom. The van der Waals surface area contributed by atoms with E-state index in [1.165, 1.54) is 0 Å². The first-order valence-electron chi connectivity index (χ1n) is 6.26. The van der Waals surface area contributed by atoms with Crippen molar-refractivity contribution in [2.45, 2.75) is 51.0 Å². The quantitative estimate of drug-likeness (QED) is 0.792. The molecule has 1 heterocycles. The summed E-state index contributed by atoms with van der Waals surface area (Å²) in [7, 11) is 0. The molecular formula is C12H23NO3. The van der Waals surface area contributed by atoms with Crippen LogP contribution < -0.4 is 5.73 Å². The molecule has 1 aliphatic carbocycles. The average Bonchev–Trinajstić information content (AvgIpc) is 2.68. The molecule has 2 N–H and O–H groups in total. The van der Waals surface area contributed by atoms with E-state index >= 15 is 0 Å². The van der Waals surface area contributed by atoms with Crippen LogP contribution in [0.2, 0.25) is 0 Å². The van der Waals surface area contributed by atoms with Crippen molar-refractivity contribution < 1.29 is 14.2 Å². The van der Waals surface area contributed by atoms with Gasteiger partial charge in [0.05, 0.1) is 19.3 Å². The summed E-state index contributed by atoms with van der Waals surface area (Å²) >= 11 is 0. The first-order chi connectivity index (χ1) is 7.61. The van der Waals surface area contributed by atoms with Crippen molar-refractivity contribution in [1.82, 2.24) is 0 Å². The van der Waals surface area contributed by atoms with E-state index in [4.69, 9.17) is 19.9 Å². The van der Waals surface area contributed by atoms with E-state index in [2.05, 4.69) is 13.8 Å². The fourth-order valence-electron chi connectivity index (χ4n) is 2.39. The number of ether oxygens (including phenoxy) is 3. The number of rotatable bonds is 3. The molecule has 2 fully saturated rings. The van der Waals surface area contributed by atoms with Crippen molar-refractivity contribution in [3.8, 4) is 0 Å². The molecule has 4 nitrogen and oxygen atoms in total. The highest BCUT2D eigenvalue weighted by Gasteiger charge is 2.44. The van der Waals surface area contributed by atoms with Gasteiger partial charge in [-0.15, -0.1) is 0 Å². The maximum atomic E-state index is 6.08. The second-order valence-electron chi connectivity index (χ2n) is 5.28. The molecule has 1 aliphatic heterocycles. The maximum Gasteiger partial charge on any atom is 0.171 e. The molecular weight excluding hydrogens is 206 g/mol. The average molecular weight is 229 g/mol. The van der Waals surface area contributed by atoms with Gasteiger partial charge in [0.1, 0.15) is 0 Å². The molecule has 2 atom stereocenters. The van der Waals surface area contributed by atoms with Gasteiger partial charge >= 0.3 is 0 Å². The summed E-state index contributed by atoms with van der Waals surface area (Å²) in [6.45, 7) is 6.45. The smallest absolute Gasteiger partial charge is 0.171 e. The zero-order chi connectivity index (χ0) is 11.6. The summed E-state index contributed by atoms with van der Waals surface area (Å²) in [5.41, 5.74) is 6.08. The Kier molecular flexibility index (Phi) is 3.85. The summed E-state index contributed by atoms with van der Waals surface area (Å²) in [5.74, 6) is 0.146. The first kappa shape index (κ1) is 12.3. The molecule has 2 rings (SSSR count). The summed E-state index contributed by atoms with van der Waals surface area (Å²) in [4.78, 5) is 0. The third-order valence-electron chi connectivity index (χ3n) is 3.31. The van der Waals surface area contributed by atoms with Gasteiger partial charge in [-0.1, -0.05) is 13.8 Å². The summed E-state index contributed by atoms with van der Waals surface area (Å²) in [6, 6.07) is 0.122. The monoisotopic (exact) mass is 229 g/mol. The Hall–Kier alpha value is -0.160. The first-order valence-corrected chi connectivity index (χ1v) is 6.26. The van der Waals surface area contributed by atoms with Crippen LogP contribution in [0.3, 0.4) is 0 Å². The molecule has 1 saturated heterocycles. The molecule has 1 saturated carbocycles. The van der Waals surface area contributed by atoms with Gasteiger partial charge in [-0.25, -0.2) is 0 Å². The van der Waals surface area contributed by atoms with Crippen LogP contribution >= 0.6 is 0 Å². The van der Waals surface area contributed by atoms with Gasteiger partial charge in [0.25, 0.3) is 0 Å². The normalized spacial score (nSPS) is 33.8. The second-order valence-corrected chi connectivity index (χ2v) is 5.28. The molecule has 0 amide bonds. The van der Waals surface area contributed by atoms with Crippen molar-refractivity contribution in [3.05, 3.63) is 0 Å². The summed E-state index contributed by atoms with van der Waals surface area (Å²) < 4.78 is 17.3. The topological polar surface area (TPSA) is 53.7 Å². The van der Waals surface area contributed by atoms with Crippen LogP contribution in [0, 0.1) is 5.92 Å². The highest BCUT2D eigenvalue weighted by atomic mass is 16.7. The van der Waals surface area contributed by atoms with Crippen LogP contribution in [0.25, 0.3) is 0 Å². The largest absolute Gasteiger partial charge is 0.376 e. The van der Waals surface area contributed by atoms with E-state index in [9.17, 15) is 0 Å². The summed E-state index contributed by atoms with van der Waals surface area (Å²) in [6.07, 6.45) is 2.67. The third-order valence-corrected chi connectivity index (χ3v) is 3.31. The molecule has 1 spiro atoms. The van der Waals surface area contributed by atoms with Crippen molar-refractivity contribution in [3.63, 3.8) is 0 Å². The number of nitrogens with two attached hydrogens (primary N) is 1. The van der Waals surface area contributed by atoms with Crippen LogP contribution in [-0.4, -0.2) is 37.8 Å². The van der Waals surface area contributed by atoms with Crippen LogP contribution in [0.1, 0.15) is 33.1 Å². The SMILES string of the molecule is CC(C)COC1CC2(CCC1N)OCCO2. The Labute approximate surface area is 97.4 Å². The highest BCUT2D eigenvalue weighted by molar-refractivity contribution is 4.90. The second kappa shape index (κ2) is 5.00. The lowest BCUT2D eigenvalue weighted by atomic mass is 9.88.